The van der Waals surface area contributed by atoms with E-state index >= 15 is 0 Å². The van der Waals surface area contributed by atoms with Gasteiger partial charge in [-0.2, -0.15) is 0 Å². The Kier molecular flexibility index (Phi) is 5.57. The van der Waals surface area contributed by atoms with Crippen LogP contribution in [0.3, 0.4) is 0 Å². The van der Waals surface area contributed by atoms with Crippen molar-refractivity contribution in [3.05, 3.63) is 34.8 Å². The molecule has 3 heterocycles. The second-order valence-corrected chi connectivity index (χ2v) is 12.2. The van der Waals surface area contributed by atoms with Gasteiger partial charge in [-0.25, -0.2) is 9.78 Å². The van der Waals surface area contributed by atoms with Crippen LogP contribution in [0, 0.1) is 17.8 Å². The second-order valence-electron chi connectivity index (χ2n) is 11.2. The third-order valence-electron chi connectivity index (χ3n) is 7.10. The molecule has 2 aromatic rings. The molecule has 0 N–H and O–H groups in total. The lowest BCUT2D eigenvalue weighted by molar-refractivity contribution is 0.0327. The first-order valence-electron chi connectivity index (χ1n) is 12.0. The summed E-state index contributed by atoms with van der Waals surface area (Å²) in [6.07, 6.45) is 5.46. The van der Waals surface area contributed by atoms with Crippen molar-refractivity contribution in [1.82, 2.24) is 14.8 Å². The first kappa shape index (κ1) is 21.9. The van der Waals surface area contributed by atoms with Gasteiger partial charge in [-0.3, -0.25) is 4.90 Å². The zero-order chi connectivity index (χ0) is 22.6. The van der Waals surface area contributed by atoms with Crippen molar-refractivity contribution in [1.29, 1.82) is 0 Å². The van der Waals surface area contributed by atoms with Gasteiger partial charge >= 0.3 is 6.09 Å². The molecule has 3 aliphatic rings. The maximum Gasteiger partial charge on any atom is 0.414 e. The molecule has 2 fully saturated rings. The van der Waals surface area contributed by atoms with Crippen molar-refractivity contribution in [2.45, 2.75) is 58.5 Å². The number of amides is 1. The fourth-order valence-corrected chi connectivity index (χ4v) is 6.32. The van der Waals surface area contributed by atoms with E-state index in [1.807, 2.05) is 32.1 Å². The lowest BCUT2D eigenvalue weighted by Crippen LogP contribution is -2.50. The molecule has 32 heavy (non-hydrogen) atoms. The molecule has 1 saturated carbocycles. The van der Waals surface area contributed by atoms with Gasteiger partial charge in [0.25, 0.3) is 0 Å². The number of nitrogens with zero attached hydrogens (tertiary/aromatic N) is 3. The Morgan fingerprint density at radius 2 is 1.91 bits per heavy atom. The van der Waals surface area contributed by atoms with E-state index in [9.17, 15) is 4.79 Å². The van der Waals surface area contributed by atoms with Crippen LogP contribution in [-0.4, -0.2) is 53.2 Å². The molecule has 1 atom stereocenters. The number of ether oxygens (including phenoxy) is 1. The van der Waals surface area contributed by atoms with E-state index in [4.69, 9.17) is 9.72 Å². The highest BCUT2D eigenvalue weighted by Gasteiger charge is 2.41. The molecular formula is C26H35N3O2S. The lowest BCUT2D eigenvalue weighted by atomic mass is 9.66. The van der Waals surface area contributed by atoms with Gasteiger partial charge in [-0.05, 0) is 77.0 Å². The molecule has 1 aliphatic carbocycles. The Balaban J connectivity index is 1.34. The van der Waals surface area contributed by atoms with Crippen molar-refractivity contribution >= 4 is 33.3 Å². The van der Waals surface area contributed by atoms with Crippen LogP contribution in [0.15, 0.2) is 24.3 Å². The minimum absolute atomic E-state index is 0.267. The number of carbonyl (C=O) groups excluding carboxylic acids is 1. The molecule has 5 nitrogen and oxygen atoms in total. The highest BCUT2D eigenvalue weighted by molar-refractivity contribution is 7.18. The van der Waals surface area contributed by atoms with Crippen LogP contribution in [-0.2, 0) is 4.74 Å². The summed E-state index contributed by atoms with van der Waals surface area (Å²) in [6.45, 7) is 11.1. The molecular weight excluding hydrogens is 418 g/mol. The van der Waals surface area contributed by atoms with E-state index in [-0.39, 0.29) is 6.09 Å². The summed E-state index contributed by atoms with van der Waals surface area (Å²) in [7, 11) is 2.21. The number of thiazole rings is 1. The number of hydrogen-bond donors (Lipinski definition) is 0. The molecule has 0 radical (unpaired) electrons. The minimum Gasteiger partial charge on any atom is -0.443 e. The number of fused-ring (bicyclic) bond motifs is 1. The van der Waals surface area contributed by atoms with E-state index in [1.54, 1.807) is 4.90 Å². The highest BCUT2D eigenvalue weighted by atomic mass is 32.1. The Labute approximate surface area is 195 Å². The molecule has 0 unspecified atom stereocenters. The van der Waals surface area contributed by atoms with Crippen LogP contribution in [0.25, 0.3) is 15.9 Å². The van der Waals surface area contributed by atoms with Crippen molar-refractivity contribution in [3.63, 3.8) is 0 Å². The molecule has 5 rings (SSSR count). The summed E-state index contributed by atoms with van der Waals surface area (Å²) in [6, 6.07) is 6.47. The molecule has 1 aromatic carbocycles. The van der Waals surface area contributed by atoms with Gasteiger partial charge in [0.05, 0.1) is 20.9 Å². The zero-order valence-electron chi connectivity index (χ0n) is 19.9. The topological polar surface area (TPSA) is 45.7 Å². The van der Waals surface area contributed by atoms with Gasteiger partial charge in [-0.1, -0.05) is 19.1 Å². The summed E-state index contributed by atoms with van der Waals surface area (Å²) in [5, 5.41) is 1.29. The molecule has 172 valence electrons. The number of rotatable bonds is 3. The van der Waals surface area contributed by atoms with Crippen LogP contribution >= 0.6 is 11.3 Å². The van der Waals surface area contributed by atoms with Crippen molar-refractivity contribution < 1.29 is 9.53 Å². The third-order valence-corrected chi connectivity index (χ3v) is 8.29. The van der Waals surface area contributed by atoms with Crippen molar-refractivity contribution in [2.24, 2.45) is 17.8 Å². The monoisotopic (exact) mass is 453 g/mol. The quantitative estimate of drug-likeness (QED) is 0.574. The fourth-order valence-electron chi connectivity index (χ4n) is 5.24. The summed E-state index contributed by atoms with van der Waals surface area (Å²) in [4.78, 5) is 22.2. The number of carbonyl (C=O) groups is 1. The van der Waals surface area contributed by atoms with Gasteiger partial charge in [0, 0.05) is 31.1 Å². The summed E-state index contributed by atoms with van der Waals surface area (Å²) < 4.78 is 6.94. The average molecular weight is 454 g/mol. The first-order chi connectivity index (χ1) is 15.2. The van der Waals surface area contributed by atoms with Crippen molar-refractivity contribution in [2.75, 3.05) is 26.7 Å². The summed E-state index contributed by atoms with van der Waals surface area (Å²) in [5.74, 6) is 2.83. The van der Waals surface area contributed by atoms with Crippen LogP contribution in [0.2, 0.25) is 0 Å². The fraction of sp³-hybridized carbons (Fsp3) is 0.615. The SMILES string of the molecule is C[C@H]1CC=C(c2ccc3sc(C4CC(C5CN(C)C5)C4)nc3c2)N(C(=O)OC(C)(C)C)C1. The molecule has 0 bridgehead atoms. The smallest absolute Gasteiger partial charge is 0.414 e. The number of aromatic nitrogens is 1. The maximum atomic E-state index is 12.9. The normalized spacial score (nSPS) is 27.1. The second kappa shape index (κ2) is 8.14. The average Bonchev–Trinajstić information content (AvgIpc) is 3.06. The molecule has 6 heteroatoms. The van der Waals surface area contributed by atoms with Gasteiger partial charge in [-0.15, -0.1) is 11.3 Å². The number of allylic oxidation sites excluding steroid dienone is 1. The van der Waals surface area contributed by atoms with Gasteiger partial charge in [0.1, 0.15) is 5.60 Å². The Bertz CT molecular complexity index is 1040. The maximum absolute atomic E-state index is 12.9. The van der Waals surface area contributed by atoms with Crippen molar-refractivity contribution in [3.8, 4) is 0 Å². The highest BCUT2D eigenvalue weighted by Crippen LogP contribution is 2.49. The molecule has 2 aliphatic heterocycles. The van der Waals surface area contributed by atoms with Crippen LogP contribution in [0.1, 0.15) is 63.4 Å². The number of likely N-dealkylation sites (tertiary alicyclic amines) is 1. The van der Waals surface area contributed by atoms with E-state index < -0.39 is 5.60 Å². The molecule has 1 amide bonds. The van der Waals surface area contributed by atoms with E-state index in [0.717, 1.165) is 35.0 Å². The van der Waals surface area contributed by atoms with Gasteiger partial charge in [0.2, 0.25) is 0 Å². The standard InChI is InChI=1S/C26H35N3O2S/c1-16-6-8-22(29(13-16)25(30)31-26(2,3)4)17-7-9-23-21(12-17)27-24(32-23)19-10-18(11-19)20-14-28(5)15-20/h7-9,12,16,18-20H,6,10-11,13-15H2,1-5H3/t16-,18?,19?/m0/s1. The van der Waals surface area contributed by atoms with E-state index in [1.165, 1.54) is 35.6 Å². The Morgan fingerprint density at radius 3 is 2.59 bits per heavy atom. The van der Waals surface area contributed by atoms with Gasteiger partial charge in [0.15, 0.2) is 0 Å². The predicted octanol–water partition coefficient (Wildman–Crippen LogP) is 5.97. The Morgan fingerprint density at radius 1 is 1.16 bits per heavy atom. The van der Waals surface area contributed by atoms with Crippen LogP contribution in [0.4, 0.5) is 4.79 Å². The van der Waals surface area contributed by atoms with E-state index in [2.05, 4.69) is 43.1 Å². The zero-order valence-corrected chi connectivity index (χ0v) is 20.7. The van der Waals surface area contributed by atoms with Crippen LogP contribution in [0.5, 0.6) is 0 Å². The minimum atomic E-state index is -0.508. The van der Waals surface area contributed by atoms with Gasteiger partial charge < -0.3 is 9.64 Å². The third kappa shape index (κ3) is 4.32. The summed E-state index contributed by atoms with van der Waals surface area (Å²) in [5.41, 5.74) is 2.55. The molecule has 1 aromatic heterocycles. The number of benzene rings is 1. The summed E-state index contributed by atoms with van der Waals surface area (Å²) >= 11 is 1.85. The Hall–Kier alpha value is -1.92. The number of hydrogen-bond acceptors (Lipinski definition) is 5. The lowest BCUT2D eigenvalue weighted by Gasteiger charge is -2.47. The molecule has 1 saturated heterocycles. The predicted molar refractivity (Wildman–Crippen MR) is 131 cm³/mol. The van der Waals surface area contributed by atoms with E-state index in [0.29, 0.717) is 18.4 Å². The molecule has 0 spiro atoms. The largest absolute Gasteiger partial charge is 0.443 e. The first-order valence-corrected chi connectivity index (χ1v) is 12.8. The van der Waals surface area contributed by atoms with Crippen LogP contribution < -0.4 is 0 Å².